The van der Waals surface area contributed by atoms with Gasteiger partial charge in [0.05, 0.1) is 12.6 Å². The summed E-state index contributed by atoms with van der Waals surface area (Å²) >= 11 is 0. The van der Waals surface area contributed by atoms with E-state index >= 15 is 0 Å². The van der Waals surface area contributed by atoms with Crippen molar-refractivity contribution < 1.29 is 14.6 Å². The molecule has 136 valence electrons. The van der Waals surface area contributed by atoms with Crippen LogP contribution in [0.4, 0.5) is 0 Å². The Labute approximate surface area is 145 Å². The molecule has 5 heteroatoms. The van der Waals surface area contributed by atoms with Crippen LogP contribution in [0.3, 0.4) is 0 Å². The van der Waals surface area contributed by atoms with Crippen LogP contribution in [-0.4, -0.2) is 59.9 Å². The minimum atomic E-state index is -0.681. The molecule has 4 aliphatic rings. The maximum absolute atomic E-state index is 11.1. The highest BCUT2D eigenvalue weighted by molar-refractivity contribution is 5.69. The van der Waals surface area contributed by atoms with Crippen molar-refractivity contribution in [3.8, 4) is 0 Å². The molecule has 4 rings (SSSR count). The number of hydrogen-bond donors (Lipinski definition) is 2. The number of rotatable bonds is 9. The highest BCUT2D eigenvalue weighted by atomic mass is 16.5. The van der Waals surface area contributed by atoms with Crippen molar-refractivity contribution in [3.63, 3.8) is 0 Å². The zero-order chi connectivity index (χ0) is 16.7. The average Bonchev–Trinajstić information content (AvgIpc) is 3.20. The lowest BCUT2D eigenvalue weighted by Crippen LogP contribution is -2.70. The fourth-order valence-electron chi connectivity index (χ4n) is 5.13. The van der Waals surface area contributed by atoms with Gasteiger partial charge in [-0.05, 0) is 57.8 Å². The fraction of sp³-hybridized carbons (Fsp3) is 0.947. The van der Waals surface area contributed by atoms with Crippen molar-refractivity contribution in [1.82, 2.24) is 10.2 Å². The zero-order valence-corrected chi connectivity index (χ0v) is 14.9. The lowest BCUT2D eigenvalue weighted by Gasteiger charge is -2.62. The quantitative estimate of drug-likeness (QED) is 0.676. The van der Waals surface area contributed by atoms with Crippen molar-refractivity contribution in [2.24, 2.45) is 11.3 Å². The molecule has 1 spiro atoms. The number of nitrogens with one attached hydrogen (secondary N) is 1. The predicted octanol–water partition coefficient (Wildman–Crippen LogP) is 2.25. The first-order valence-corrected chi connectivity index (χ1v) is 9.94. The van der Waals surface area contributed by atoms with E-state index in [2.05, 4.69) is 17.1 Å². The number of carboxylic acids is 1. The number of hydrogen-bond acceptors (Lipinski definition) is 4. The van der Waals surface area contributed by atoms with E-state index in [1.807, 2.05) is 0 Å². The van der Waals surface area contributed by atoms with Crippen LogP contribution in [0.2, 0.25) is 0 Å². The Bertz CT molecular complexity index is 469. The fourth-order valence-corrected chi connectivity index (χ4v) is 5.13. The average molecular weight is 336 g/mol. The molecule has 0 aromatic rings. The van der Waals surface area contributed by atoms with E-state index in [0.29, 0.717) is 29.6 Å². The molecule has 4 aliphatic carbocycles. The molecule has 4 saturated carbocycles. The second kappa shape index (κ2) is 6.58. The summed E-state index contributed by atoms with van der Waals surface area (Å²) in [5.41, 5.74) is 0.426. The monoisotopic (exact) mass is 336 g/mol. The lowest BCUT2D eigenvalue weighted by atomic mass is 9.50. The standard InChI is InChI=1S/C19H32N2O3/c1-2-24-17-10-16(19(17)6-3-7-19)20-14-8-15(9-14)21(12-18(22)23)11-13-4-5-13/h13-17,20H,2-12H2,1H3,(H,22,23). The summed E-state index contributed by atoms with van der Waals surface area (Å²) in [5, 5.41) is 13.0. The van der Waals surface area contributed by atoms with Crippen LogP contribution in [0.25, 0.3) is 0 Å². The largest absolute Gasteiger partial charge is 0.480 e. The number of carboxylic acid groups (broad SMARTS) is 1. The first kappa shape index (κ1) is 16.8. The van der Waals surface area contributed by atoms with Crippen LogP contribution in [0.1, 0.15) is 58.3 Å². The van der Waals surface area contributed by atoms with Crippen LogP contribution in [-0.2, 0) is 9.53 Å². The van der Waals surface area contributed by atoms with E-state index in [9.17, 15) is 4.79 Å². The van der Waals surface area contributed by atoms with Crippen LogP contribution in [0.15, 0.2) is 0 Å². The number of carbonyl (C=O) groups is 1. The van der Waals surface area contributed by atoms with Gasteiger partial charge in [0.15, 0.2) is 0 Å². The highest BCUT2D eigenvalue weighted by Gasteiger charge is 2.59. The van der Waals surface area contributed by atoms with Gasteiger partial charge in [-0.15, -0.1) is 0 Å². The third-order valence-electron chi connectivity index (χ3n) is 7.03. The first-order chi connectivity index (χ1) is 11.6. The van der Waals surface area contributed by atoms with Crippen LogP contribution in [0, 0.1) is 11.3 Å². The summed E-state index contributed by atoms with van der Waals surface area (Å²) in [5.74, 6) is 0.0761. The molecule has 0 aliphatic heterocycles. The topological polar surface area (TPSA) is 61.8 Å². The third kappa shape index (κ3) is 3.11. The third-order valence-corrected chi connectivity index (χ3v) is 7.03. The van der Waals surface area contributed by atoms with Crippen molar-refractivity contribution in [2.75, 3.05) is 19.7 Å². The van der Waals surface area contributed by atoms with Gasteiger partial charge in [-0.3, -0.25) is 9.69 Å². The minimum absolute atomic E-state index is 0.216. The van der Waals surface area contributed by atoms with Gasteiger partial charge in [-0.25, -0.2) is 0 Å². The van der Waals surface area contributed by atoms with Gasteiger partial charge in [-0.2, -0.15) is 0 Å². The number of aliphatic carboxylic acids is 1. The molecular weight excluding hydrogens is 304 g/mol. The van der Waals surface area contributed by atoms with Gasteiger partial charge in [0, 0.05) is 36.7 Å². The SMILES string of the molecule is CCOC1CC(NC2CC(N(CC(=O)O)CC3CC3)C2)C12CCC2. The summed E-state index contributed by atoms with van der Waals surface area (Å²) in [6.45, 7) is 4.13. The first-order valence-electron chi connectivity index (χ1n) is 9.94. The molecule has 0 aromatic carbocycles. The van der Waals surface area contributed by atoms with Gasteiger partial charge in [-0.1, -0.05) is 6.42 Å². The van der Waals surface area contributed by atoms with E-state index in [1.165, 1.54) is 32.1 Å². The molecule has 2 unspecified atom stereocenters. The Morgan fingerprint density at radius 2 is 2.04 bits per heavy atom. The van der Waals surface area contributed by atoms with Gasteiger partial charge < -0.3 is 15.2 Å². The Morgan fingerprint density at radius 3 is 2.58 bits per heavy atom. The molecule has 4 fully saturated rings. The van der Waals surface area contributed by atoms with Crippen molar-refractivity contribution in [2.45, 2.75) is 82.5 Å². The summed E-state index contributed by atoms with van der Waals surface area (Å²) in [6.07, 6.45) is 10.4. The lowest BCUT2D eigenvalue weighted by molar-refractivity contribution is -0.177. The van der Waals surface area contributed by atoms with Crippen LogP contribution >= 0.6 is 0 Å². The van der Waals surface area contributed by atoms with Crippen LogP contribution in [0.5, 0.6) is 0 Å². The molecule has 24 heavy (non-hydrogen) atoms. The highest BCUT2D eigenvalue weighted by Crippen LogP contribution is 2.57. The molecule has 0 bridgehead atoms. The molecular formula is C19H32N2O3. The summed E-state index contributed by atoms with van der Waals surface area (Å²) < 4.78 is 5.94. The maximum Gasteiger partial charge on any atom is 0.317 e. The molecule has 0 amide bonds. The van der Waals surface area contributed by atoms with Crippen molar-refractivity contribution >= 4 is 5.97 Å². The molecule has 0 saturated heterocycles. The Hall–Kier alpha value is -0.650. The molecule has 0 radical (unpaired) electrons. The van der Waals surface area contributed by atoms with Gasteiger partial charge >= 0.3 is 5.97 Å². The summed E-state index contributed by atoms with van der Waals surface area (Å²) in [6, 6.07) is 1.68. The second-order valence-corrected chi connectivity index (χ2v) is 8.57. The summed E-state index contributed by atoms with van der Waals surface area (Å²) in [4.78, 5) is 13.4. The number of nitrogens with zero attached hydrogens (tertiary/aromatic N) is 1. The second-order valence-electron chi connectivity index (χ2n) is 8.57. The molecule has 0 aromatic heterocycles. The normalized spacial score (nSPS) is 36.9. The Balaban J connectivity index is 1.24. The van der Waals surface area contributed by atoms with E-state index in [-0.39, 0.29) is 6.54 Å². The van der Waals surface area contributed by atoms with Crippen LogP contribution < -0.4 is 5.32 Å². The number of ether oxygens (including phenoxy) is 1. The van der Waals surface area contributed by atoms with Crippen molar-refractivity contribution in [1.29, 1.82) is 0 Å². The molecule has 2 atom stereocenters. The maximum atomic E-state index is 11.1. The summed E-state index contributed by atoms with van der Waals surface area (Å²) in [7, 11) is 0. The van der Waals surface area contributed by atoms with E-state index < -0.39 is 5.97 Å². The van der Waals surface area contributed by atoms with Gasteiger partial charge in [0.2, 0.25) is 0 Å². The van der Waals surface area contributed by atoms with E-state index in [1.54, 1.807) is 0 Å². The molecule has 2 N–H and O–H groups in total. The van der Waals surface area contributed by atoms with Crippen molar-refractivity contribution in [3.05, 3.63) is 0 Å². The Kier molecular flexibility index (Phi) is 4.61. The zero-order valence-electron chi connectivity index (χ0n) is 14.9. The minimum Gasteiger partial charge on any atom is -0.480 e. The Morgan fingerprint density at radius 1 is 1.29 bits per heavy atom. The van der Waals surface area contributed by atoms with Gasteiger partial charge in [0.1, 0.15) is 0 Å². The molecule has 0 heterocycles. The van der Waals surface area contributed by atoms with Gasteiger partial charge in [0.25, 0.3) is 0 Å². The van der Waals surface area contributed by atoms with E-state index in [0.717, 1.165) is 38.3 Å². The van der Waals surface area contributed by atoms with E-state index in [4.69, 9.17) is 9.84 Å². The predicted molar refractivity (Wildman–Crippen MR) is 92.0 cm³/mol. The molecule has 5 nitrogen and oxygen atoms in total. The smallest absolute Gasteiger partial charge is 0.317 e.